The van der Waals surface area contributed by atoms with Crippen LogP contribution in [-0.4, -0.2) is 9.97 Å². The summed E-state index contributed by atoms with van der Waals surface area (Å²) < 4.78 is 0. The number of anilines is 1. The molecule has 0 aliphatic carbocycles. The molecule has 2 aromatic heterocycles. The van der Waals surface area contributed by atoms with Gasteiger partial charge in [-0.1, -0.05) is 36.2 Å². The highest BCUT2D eigenvalue weighted by atomic mass is 35.5. The molecule has 23 heavy (non-hydrogen) atoms. The van der Waals surface area contributed by atoms with Gasteiger partial charge in [-0.05, 0) is 37.1 Å². The van der Waals surface area contributed by atoms with Gasteiger partial charge in [-0.2, -0.15) is 0 Å². The highest BCUT2D eigenvalue weighted by molar-refractivity contribution is 7.18. The zero-order valence-electron chi connectivity index (χ0n) is 13.2. The monoisotopic (exact) mass is 365 g/mol. The molecule has 0 atom stereocenters. The highest BCUT2D eigenvalue weighted by Crippen LogP contribution is 2.33. The van der Waals surface area contributed by atoms with Crippen LogP contribution in [0.15, 0.2) is 18.2 Å². The summed E-state index contributed by atoms with van der Waals surface area (Å²) in [6.07, 6.45) is 0.808. The Morgan fingerprint density at radius 2 is 1.96 bits per heavy atom. The average Bonchev–Trinajstić information content (AvgIpc) is 2.81. The third-order valence-corrected chi connectivity index (χ3v) is 5.54. The Bertz CT molecular complexity index is 874. The highest BCUT2D eigenvalue weighted by Gasteiger charge is 2.14. The van der Waals surface area contributed by atoms with Gasteiger partial charge in [-0.3, -0.25) is 0 Å². The Morgan fingerprint density at radius 1 is 1.17 bits per heavy atom. The largest absolute Gasteiger partial charge is 0.365 e. The van der Waals surface area contributed by atoms with Gasteiger partial charge in [0.2, 0.25) is 0 Å². The number of nitrogens with one attached hydrogen (secondary N) is 1. The van der Waals surface area contributed by atoms with Gasteiger partial charge < -0.3 is 5.32 Å². The van der Waals surface area contributed by atoms with Crippen molar-refractivity contribution in [3.8, 4) is 0 Å². The van der Waals surface area contributed by atoms with E-state index in [9.17, 15) is 0 Å². The van der Waals surface area contributed by atoms with Crippen molar-refractivity contribution in [2.45, 2.75) is 33.7 Å². The van der Waals surface area contributed by atoms with E-state index in [1.165, 1.54) is 10.4 Å². The third kappa shape index (κ3) is 3.30. The normalized spacial score (nSPS) is 11.2. The Morgan fingerprint density at radius 3 is 2.65 bits per heavy atom. The zero-order valence-corrected chi connectivity index (χ0v) is 15.5. The number of rotatable bonds is 4. The fraction of sp³-hybridized carbons (Fsp3) is 0.294. The van der Waals surface area contributed by atoms with Crippen molar-refractivity contribution in [3.63, 3.8) is 0 Å². The molecule has 3 aromatic rings. The number of benzene rings is 1. The van der Waals surface area contributed by atoms with Crippen LogP contribution >= 0.6 is 34.5 Å². The van der Waals surface area contributed by atoms with Gasteiger partial charge in [-0.25, -0.2) is 9.97 Å². The molecule has 0 aliphatic rings. The minimum atomic E-state index is 0.597. The van der Waals surface area contributed by atoms with E-state index in [1.54, 1.807) is 17.4 Å². The van der Waals surface area contributed by atoms with Crippen LogP contribution in [0.25, 0.3) is 10.2 Å². The number of hydrogen-bond acceptors (Lipinski definition) is 4. The molecular formula is C17H17Cl2N3S. The van der Waals surface area contributed by atoms with Gasteiger partial charge in [0.05, 0.1) is 5.39 Å². The second kappa shape index (κ2) is 6.63. The molecule has 0 saturated carbocycles. The molecule has 0 fully saturated rings. The number of hydrogen-bond donors (Lipinski definition) is 1. The van der Waals surface area contributed by atoms with Crippen LogP contribution in [0.5, 0.6) is 0 Å². The van der Waals surface area contributed by atoms with E-state index in [0.29, 0.717) is 16.6 Å². The summed E-state index contributed by atoms with van der Waals surface area (Å²) in [6, 6.07) is 5.53. The smallest absolute Gasteiger partial charge is 0.139 e. The standard InChI is InChI=1S/C17H17Cl2N3S/c1-4-14-21-16(15-9(2)10(3)23-17(15)22-14)20-8-11-5-6-12(18)7-13(11)19/h5-7H,4,8H2,1-3H3,(H,20,21,22). The average molecular weight is 366 g/mol. The van der Waals surface area contributed by atoms with E-state index < -0.39 is 0 Å². The van der Waals surface area contributed by atoms with Gasteiger partial charge in [0.1, 0.15) is 16.5 Å². The zero-order chi connectivity index (χ0) is 16.6. The van der Waals surface area contributed by atoms with E-state index in [2.05, 4.69) is 36.1 Å². The minimum Gasteiger partial charge on any atom is -0.365 e. The van der Waals surface area contributed by atoms with Crippen LogP contribution in [0.2, 0.25) is 10.0 Å². The second-order valence-corrected chi connectivity index (χ2v) is 7.44. The molecule has 0 spiro atoms. The van der Waals surface area contributed by atoms with Crippen LogP contribution in [0, 0.1) is 13.8 Å². The number of halogens is 2. The molecule has 0 radical (unpaired) electrons. The predicted octanol–water partition coefficient (Wildman–Crippen LogP) is 5.79. The van der Waals surface area contributed by atoms with Gasteiger partial charge in [0.25, 0.3) is 0 Å². The molecule has 0 bridgehead atoms. The van der Waals surface area contributed by atoms with Crippen LogP contribution in [0.4, 0.5) is 5.82 Å². The SMILES string of the molecule is CCc1nc(NCc2ccc(Cl)cc2Cl)c2c(C)c(C)sc2n1. The van der Waals surface area contributed by atoms with Crippen LogP contribution < -0.4 is 5.32 Å². The van der Waals surface area contributed by atoms with Crippen molar-refractivity contribution in [3.05, 3.63) is 50.1 Å². The lowest BCUT2D eigenvalue weighted by Gasteiger charge is -2.10. The van der Waals surface area contributed by atoms with Crippen molar-refractivity contribution < 1.29 is 0 Å². The lowest BCUT2D eigenvalue weighted by molar-refractivity contribution is 0.956. The van der Waals surface area contributed by atoms with Crippen LogP contribution in [0.1, 0.15) is 28.8 Å². The predicted molar refractivity (Wildman–Crippen MR) is 100 cm³/mol. The summed E-state index contributed by atoms with van der Waals surface area (Å²) in [4.78, 5) is 11.6. The molecule has 0 amide bonds. The first-order chi connectivity index (χ1) is 11.0. The summed E-state index contributed by atoms with van der Waals surface area (Å²) in [5.74, 6) is 1.73. The molecule has 120 valence electrons. The van der Waals surface area contributed by atoms with Crippen LogP contribution in [0.3, 0.4) is 0 Å². The summed E-state index contributed by atoms with van der Waals surface area (Å²) in [7, 11) is 0. The fourth-order valence-electron chi connectivity index (χ4n) is 2.42. The number of aryl methyl sites for hydroxylation is 3. The molecule has 1 N–H and O–H groups in total. The maximum absolute atomic E-state index is 6.25. The summed E-state index contributed by atoms with van der Waals surface area (Å²) >= 11 is 13.9. The van der Waals surface area contributed by atoms with E-state index in [-0.39, 0.29) is 0 Å². The number of nitrogens with zero attached hydrogens (tertiary/aromatic N) is 2. The van der Waals surface area contributed by atoms with Crippen molar-refractivity contribution in [1.82, 2.24) is 9.97 Å². The number of aromatic nitrogens is 2. The summed E-state index contributed by atoms with van der Waals surface area (Å²) in [5, 5.41) is 5.82. The minimum absolute atomic E-state index is 0.597. The van der Waals surface area contributed by atoms with Gasteiger partial charge in [0, 0.05) is 27.9 Å². The van der Waals surface area contributed by atoms with Crippen LogP contribution in [-0.2, 0) is 13.0 Å². The van der Waals surface area contributed by atoms with E-state index in [1.807, 2.05) is 12.1 Å². The van der Waals surface area contributed by atoms with Crippen molar-refractivity contribution in [1.29, 1.82) is 0 Å². The first kappa shape index (κ1) is 16.5. The van der Waals surface area contributed by atoms with Gasteiger partial charge in [0.15, 0.2) is 0 Å². The molecule has 3 rings (SSSR count). The Kier molecular flexibility index (Phi) is 4.76. The Labute approximate surface area is 149 Å². The molecule has 0 aliphatic heterocycles. The summed E-state index contributed by atoms with van der Waals surface area (Å²) in [5.41, 5.74) is 2.22. The molecule has 1 aromatic carbocycles. The summed E-state index contributed by atoms with van der Waals surface area (Å²) in [6.45, 7) is 6.89. The molecule has 3 nitrogen and oxygen atoms in total. The second-order valence-electron chi connectivity index (χ2n) is 5.39. The lowest BCUT2D eigenvalue weighted by atomic mass is 10.2. The van der Waals surface area contributed by atoms with Gasteiger partial charge in [-0.15, -0.1) is 11.3 Å². The molecule has 6 heteroatoms. The van der Waals surface area contributed by atoms with E-state index >= 15 is 0 Å². The van der Waals surface area contributed by atoms with Gasteiger partial charge >= 0.3 is 0 Å². The molecule has 2 heterocycles. The molecular weight excluding hydrogens is 349 g/mol. The van der Waals surface area contributed by atoms with Crippen molar-refractivity contribution in [2.75, 3.05) is 5.32 Å². The fourth-order valence-corrected chi connectivity index (χ4v) is 3.95. The first-order valence-electron chi connectivity index (χ1n) is 7.44. The third-order valence-electron chi connectivity index (χ3n) is 3.85. The maximum Gasteiger partial charge on any atom is 0.139 e. The van der Waals surface area contributed by atoms with E-state index in [0.717, 1.165) is 33.8 Å². The van der Waals surface area contributed by atoms with Crippen molar-refractivity contribution >= 4 is 50.6 Å². The topological polar surface area (TPSA) is 37.8 Å². The quantitative estimate of drug-likeness (QED) is 0.635. The van der Waals surface area contributed by atoms with E-state index in [4.69, 9.17) is 23.2 Å². The Hall–Kier alpha value is -1.36. The maximum atomic E-state index is 6.25. The Balaban J connectivity index is 1.98. The molecule has 0 unspecified atom stereocenters. The number of fused-ring (bicyclic) bond motifs is 1. The molecule has 0 saturated heterocycles. The lowest BCUT2D eigenvalue weighted by Crippen LogP contribution is -2.05. The van der Waals surface area contributed by atoms with Crippen molar-refractivity contribution in [2.24, 2.45) is 0 Å². The number of thiophene rings is 1. The first-order valence-corrected chi connectivity index (χ1v) is 9.01.